The number of hydrogen-bond acceptors (Lipinski definition) is 3. The Balaban J connectivity index is 2.19. The third-order valence-corrected chi connectivity index (χ3v) is 2.76. The van der Waals surface area contributed by atoms with E-state index in [4.69, 9.17) is 5.11 Å². The molecule has 5 nitrogen and oxygen atoms in total. The van der Waals surface area contributed by atoms with Gasteiger partial charge in [-0.25, -0.2) is 4.79 Å². The van der Waals surface area contributed by atoms with Crippen molar-refractivity contribution in [3.8, 4) is 11.3 Å². The number of carboxylic acid groups (broad SMARTS) is 1. The molecule has 18 heavy (non-hydrogen) atoms. The van der Waals surface area contributed by atoms with Crippen LogP contribution in [0.25, 0.3) is 22.2 Å². The van der Waals surface area contributed by atoms with Crippen molar-refractivity contribution >= 4 is 16.9 Å². The number of H-pyrrole nitrogens is 1. The van der Waals surface area contributed by atoms with Gasteiger partial charge in [-0.3, -0.25) is 10.1 Å². The van der Waals surface area contributed by atoms with Gasteiger partial charge in [-0.1, -0.05) is 0 Å². The van der Waals surface area contributed by atoms with Gasteiger partial charge in [0.2, 0.25) is 0 Å². The lowest BCUT2D eigenvalue weighted by atomic mass is 10.1. The van der Waals surface area contributed by atoms with E-state index in [1.807, 2.05) is 12.1 Å². The van der Waals surface area contributed by atoms with Crippen molar-refractivity contribution in [2.75, 3.05) is 0 Å². The number of aromatic carboxylic acids is 1. The number of fused-ring (bicyclic) bond motifs is 1. The molecule has 0 atom stereocenters. The fraction of sp³-hybridized carbons (Fsp3) is 0. The van der Waals surface area contributed by atoms with Gasteiger partial charge in [-0.05, 0) is 30.3 Å². The van der Waals surface area contributed by atoms with Crippen LogP contribution in [0, 0.1) is 0 Å². The molecule has 0 spiro atoms. The van der Waals surface area contributed by atoms with E-state index in [1.165, 1.54) is 0 Å². The highest BCUT2D eigenvalue weighted by Gasteiger charge is 2.10. The normalized spacial score (nSPS) is 10.7. The van der Waals surface area contributed by atoms with Crippen LogP contribution in [-0.2, 0) is 0 Å². The van der Waals surface area contributed by atoms with Gasteiger partial charge in [0.25, 0.3) is 0 Å². The van der Waals surface area contributed by atoms with Gasteiger partial charge in [-0.2, -0.15) is 5.10 Å². The highest BCUT2D eigenvalue weighted by molar-refractivity contribution is 5.98. The van der Waals surface area contributed by atoms with Crippen LogP contribution in [0.4, 0.5) is 0 Å². The maximum atomic E-state index is 10.9. The summed E-state index contributed by atoms with van der Waals surface area (Å²) in [4.78, 5) is 14.8. The fourth-order valence-electron chi connectivity index (χ4n) is 1.88. The topological polar surface area (TPSA) is 78.9 Å². The molecule has 0 saturated heterocycles. The third-order valence-electron chi connectivity index (χ3n) is 2.76. The first-order valence-electron chi connectivity index (χ1n) is 5.37. The van der Waals surface area contributed by atoms with Crippen molar-refractivity contribution < 1.29 is 9.90 Å². The Morgan fingerprint density at radius 3 is 2.67 bits per heavy atom. The Morgan fingerprint density at radius 2 is 1.94 bits per heavy atom. The second kappa shape index (κ2) is 3.96. The molecular formula is C13H9N3O2. The highest BCUT2D eigenvalue weighted by Crippen LogP contribution is 2.26. The molecule has 0 unspecified atom stereocenters. The number of nitrogens with one attached hydrogen (secondary N) is 1. The number of rotatable bonds is 2. The zero-order valence-corrected chi connectivity index (χ0v) is 9.29. The van der Waals surface area contributed by atoms with Crippen molar-refractivity contribution in [3.63, 3.8) is 0 Å². The summed E-state index contributed by atoms with van der Waals surface area (Å²) in [5.41, 5.74) is 2.69. The first-order valence-corrected chi connectivity index (χ1v) is 5.37. The van der Waals surface area contributed by atoms with Gasteiger partial charge in [0, 0.05) is 23.3 Å². The van der Waals surface area contributed by atoms with E-state index in [0.29, 0.717) is 5.52 Å². The van der Waals surface area contributed by atoms with E-state index in [0.717, 1.165) is 16.6 Å². The molecule has 0 aliphatic heterocycles. The van der Waals surface area contributed by atoms with E-state index in [2.05, 4.69) is 15.2 Å². The molecule has 0 aliphatic carbocycles. The summed E-state index contributed by atoms with van der Waals surface area (Å²) >= 11 is 0. The summed E-state index contributed by atoms with van der Waals surface area (Å²) in [6, 6.07) is 8.64. The maximum Gasteiger partial charge on any atom is 0.335 e. The SMILES string of the molecule is O=C(O)c1ccc2c(-c3ccncc3)n[nH]c2c1. The van der Waals surface area contributed by atoms with E-state index in [9.17, 15) is 4.79 Å². The predicted octanol–water partition coefficient (Wildman–Crippen LogP) is 2.32. The standard InChI is InChI=1S/C13H9N3O2/c17-13(18)9-1-2-10-11(7-9)15-16-12(10)8-3-5-14-6-4-8/h1-7H,(H,15,16)(H,17,18). The third kappa shape index (κ3) is 1.62. The van der Waals surface area contributed by atoms with Crippen LogP contribution < -0.4 is 0 Å². The summed E-state index contributed by atoms with van der Waals surface area (Å²) in [6.07, 6.45) is 3.39. The zero-order valence-electron chi connectivity index (χ0n) is 9.29. The first-order chi connectivity index (χ1) is 8.75. The van der Waals surface area contributed by atoms with Crippen molar-refractivity contribution in [1.29, 1.82) is 0 Å². The molecule has 3 aromatic rings. The lowest BCUT2D eigenvalue weighted by Gasteiger charge is -1.97. The van der Waals surface area contributed by atoms with Crippen LogP contribution in [0.5, 0.6) is 0 Å². The largest absolute Gasteiger partial charge is 0.478 e. The smallest absolute Gasteiger partial charge is 0.335 e. The Hall–Kier alpha value is -2.69. The number of nitrogens with zero attached hydrogens (tertiary/aromatic N) is 2. The average molecular weight is 239 g/mol. The highest BCUT2D eigenvalue weighted by atomic mass is 16.4. The van der Waals surface area contributed by atoms with Crippen LogP contribution in [-0.4, -0.2) is 26.3 Å². The van der Waals surface area contributed by atoms with E-state index in [-0.39, 0.29) is 5.56 Å². The van der Waals surface area contributed by atoms with Crippen LogP contribution in [0.1, 0.15) is 10.4 Å². The van der Waals surface area contributed by atoms with Crippen molar-refractivity contribution in [2.45, 2.75) is 0 Å². The Bertz CT molecular complexity index is 719. The molecule has 88 valence electrons. The van der Waals surface area contributed by atoms with Gasteiger partial charge in [0.05, 0.1) is 11.1 Å². The van der Waals surface area contributed by atoms with Crippen molar-refractivity contribution in [1.82, 2.24) is 15.2 Å². The number of carbonyl (C=O) groups is 1. The quantitative estimate of drug-likeness (QED) is 0.719. The molecule has 5 heteroatoms. The second-order valence-corrected chi connectivity index (χ2v) is 3.87. The van der Waals surface area contributed by atoms with E-state index >= 15 is 0 Å². The summed E-state index contributed by atoms with van der Waals surface area (Å²) in [5.74, 6) is -0.947. The molecule has 2 N–H and O–H groups in total. The summed E-state index contributed by atoms with van der Waals surface area (Å²) in [5, 5.41) is 16.9. The Kier molecular flexibility index (Phi) is 2.30. The Labute approximate surface area is 102 Å². The number of aromatic amines is 1. The minimum Gasteiger partial charge on any atom is -0.478 e. The van der Waals surface area contributed by atoms with Crippen LogP contribution in [0.3, 0.4) is 0 Å². The molecule has 2 heterocycles. The van der Waals surface area contributed by atoms with Crippen LogP contribution >= 0.6 is 0 Å². The second-order valence-electron chi connectivity index (χ2n) is 3.87. The molecule has 0 bridgehead atoms. The number of benzene rings is 1. The van der Waals surface area contributed by atoms with Gasteiger partial charge in [0.15, 0.2) is 0 Å². The molecule has 0 fully saturated rings. The molecule has 0 radical (unpaired) electrons. The van der Waals surface area contributed by atoms with Gasteiger partial charge in [0.1, 0.15) is 5.69 Å². The average Bonchev–Trinajstić information content (AvgIpc) is 2.82. The number of pyridine rings is 1. The molecule has 0 aliphatic rings. The molecule has 0 amide bonds. The molecule has 2 aromatic heterocycles. The molecule has 1 aromatic carbocycles. The minimum absolute atomic E-state index is 0.243. The van der Waals surface area contributed by atoms with Crippen LogP contribution in [0.15, 0.2) is 42.7 Å². The van der Waals surface area contributed by atoms with E-state index in [1.54, 1.807) is 30.6 Å². The van der Waals surface area contributed by atoms with Crippen molar-refractivity contribution in [3.05, 3.63) is 48.3 Å². The lowest BCUT2D eigenvalue weighted by Crippen LogP contribution is -1.94. The number of hydrogen-bond donors (Lipinski definition) is 2. The zero-order chi connectivity index (χ0) is 12.5. The molecule has 0 saturated carbocycles. The maximum absolute atomic E-state index is 10.9. The monoisotopic (exact) mass is 239 g/mol. The summed E-state index contributed by atoms with van der Waals surface area (Å²) < 4.78 is 0. The van der Waals surface area contributed by atoms with Crippen molar-refractivity contribution in [2.24, 2.45) is 0 Å². The van der Waals surface area contributed by atoms with Crippen LogP contribution in [0.2, 0.25) is 0 Å². The number of carboxylic acids is 1. The summed E-state index contributed by atoms with van der Waals surface area (Å²) in [6.45, 7) is 0. The minimum atomic E-state index is -0.947. The number of aromatic nitrogens is 3. The first kappa shape index (κ1) is 10.5. The summed E-state index contributed by atoms with van der Waals surface area (Å²) in [7, 11) is 0. The Morgan fingerprint density at radius 1 is 1.17 bits per heavy atom. The lowest BCUT2D eigenvalue weighted by molar-refractivity contribution is 0.0697. The van der Waals surface area contributed by atoms with E-state index < -0.39 is 5.97 Å². The molecule has 3 rings (SSSR count). The van der Waals surface area contributed by atoms with Gasteiger partial charge < -0.3 is 5.11 Å². The van der Waals surface area contributed by atoms with Gasteiger partial charge in [-0.15, -0.1) is 0 Å². The van der Waals surface area contributed by atoms with Gasteiger partial charge >= 0.3 is 5.97 Å². The fourth-order valence-corrected chi connectivity index (χ4v) is 1.88. The predicted molar refractivity (Wildman–Crippen MR) is 66.3 cm³/mol. The molecular weight excluding hydrogens is 230 g/mol.